The third-order valence-corrected chi connectivity index (χ3v) is 4.22. The van der Waals surface area contributed by atoms with Gasteiger partial charge in [-0.2, -0.15) is 0 Å². The van der Waals surface area contributed by atoms with Gasteiger partial charge >= 0.3 is 0 Å². The lowest BCUT2D eigenvalue weighted by Gasteiger charge is -2.34. The molecular weight excluding hydrogens is 312 g/mol. The maximum Gasteiger partial charge on any atom is 0.120 e. The van der Waals surface area contributed by atoms with E-state index in [0.29, 0.717) is 13.2 Å². The monoisotopic (exact) mass is 348 g/mol. The van der Waals surface area contributed by atoms with E-state index in [0.717, 1.165) is 50.9 Å². The van der Waals surface area contributed by atoms with Crippen LogP contribution >= 0.6 is 0 Å². The average molecular weight is 349 g/mol. The lowest BCUT2D eigenvalue weighted by Crippen LogP contribution is -2.39. The highest BCUT2D eigenvalue weighted by molar-refractivity contribution is 5.22. The van der Waals surface area contributed by atoms with E-state index in [4.69, 9.17) is 14.2 Å². The van der Waals surface area contributed by atoms with E-state index in [1.54, 1.807) is 6.08 Å². The Morgan fingerprint density at radius 3 is 2.48 bits per heavy atom. The van der Waals surface area contributed by atoms with Gasteiger partial charge < -0.3 is 14.2 Å². The van der Waals surface area contributed by atoms with E-state index in [2.05, 4.69) is 27.4 Å². The topological polar surface area (TPSA) is 27.7 Å². The molecule has 0 saturated heterocycles. The summed E-state index contributed by atoms with van der Waals surface area (Å²) in [6.07, 6.45) is 8.14. The SMILES string of the molecule is C=CCOCC(CC(C)(CCCC)Oc1ccccc1)OCCCC. The highest BCUT2D eigenvalue weighted by atomic mass is 16.5. The third kappa shape index (κ3) is 9.66. The molecule has 0 saturated carbocycles. The molecule has 0 bridgehead atoms. The van der Waals surface area contributed by atoms with Crippen LogP contribution in [-0.2, 0) is 9.47 Å². The fourth-order valence-electron chi connectivity index (χ4n) is 2.84. The molecule has 2 unspecified atom stereocenters. The van der Waals surface area contributed by atoms with Gasteiger partial charge in [-0.05, 0) is 38.3 Å². The predicted octanol–water partition coefficient (Wildman–Crippen LogP) is 5.79. The van der Waals surface area contributed by atoms with Crippen molar-refractivity contribution in [1.29, 1.82) is 0 Å². The van der Waals surface area contributed by atoms with Crippen LogP contribution in [0.2, 0.25) is 0 Å². The molecule has 0 aromatic heterocycles. The number of unbranched alkanes of at least 4 members (excludes halogenated alkanes) is 2. The van der Waals surface area contributed by atoms with Gasteiger partial charge in [-0.1, -0.05) is 51.0 Å². The second-order valence-corrected chi connectivity index (χ2v) is 6.85. The molecule has 0 amide bonds. The first-order valence-corrected chi connectivity index (χ1v) is 9.67. The molecule has 3 nitrogen and oxygen atoms in total. The zero-order valence-electron chi connectivity index (χ0n) is 16.3. The van der Waals surface area contributed by atoms with Crippen molar-refractivity contribution in [2.45, 2.75) is 71.0 Å². The van der Waals surface area contributed by atoms with Crippen LogP contribution in [-0.4, -0.2) is 31.5 Å². The molecule has 142 valence electrons. The standard InChI is InChI=1S/C22H36O3/c1-5-8-15-22(4,25-20-13-11-10-12-14-20)18-21(19-23-16-7-3)24-17-9-6-2/h7,10-14,21H,3,5-6,8-9,15-19H2,1-2,4H3. The molecule has 1 rings (SSSR count). The van der Waals surface area contributed by atoms with Crippen LogP contribution in [0.5, 0.6) is 5.75 Å². The maximum absolute atomic E-state index is 6.39. The molecule has 0 heterocycles. The highest BCUT2D eigenvalue weighted by Gasteiger charge is 2.30. The van der Waals surface area contributed by atoms with Crippen LogP contribution in [0.4, 0.5) is 0 Å². The second-order valence-electron chi connectivity index (χ2n) is 6.85. The fraction of sp³-hybridized carbons (Fsp3) is 0.636. The minimum absolute atomic E-state index is 0.0390. The minimum atomic E-state index is -0.258. The quantitative estimate of drug-likeness (QED) is 0.296. The smallest absolute Gasteiger partial charge is 0.120 e. The molecule has 0 aliphatic carbocycles. The minimum Gasteiger partial charge on any atom is -0.487 e. The maximum atomic E-state index is 6.39. The van der Waals surface area contributed by atoms with E-state index in [9.17, 15) is 0 Å². The molecule has 2 atom stereocenters. The van der Waals surface area contributed by atoms with Crippen molar-refractivity contribution in [1.82, 2.24) is 0 Å². The molecule has 3 heteroatoms. The number of hydrogen-bond donors (Lipinski definition) is 0. The summed E-state index contributed by atoms with van der Waals surface area (Å²) >= 11 is 0. The zero-order chi connectivity index (χ0) is 18.4. The van der Waals surface area contributed by atoms with E-state index < -0.39 is 0 Å². The predicted molar refractivity (Wildman–Crippen MR) is 105 cm³/mol. The van der Waals surface area contributed by atoms with Gasteiger partial charge in [0.25, 0.3) is 0 Å². The van der Waals surface area contributed by atoms with Crippen molar-refractivity contribution < 1.29 is 14.2 Å². The van der Waals surface area contributed by atoms with Gasteiger partial charge in [0.05, 0.1) is 19.3 Å². The van der Waals surface area contributed by atoms with E-state index in [1.165, 1.54) is 0 Å². The van der Waals surface area contributed by atoms with Crippen LogP contribution < -0.4 is 4.74 Å². The first-order chi connectivity index (χ1) is 12.1. The fourth-order valence-corrected chi connectivity index (χ4v) is 2.84. The van der Waals surface area contributed by atoms with Crippen molar-refractivity contribution in [2.24, 2.45) is 0 Å². The Balaban J connectivity index is 2.74. The van der Waals surface area contributed by atoms with Gasteiger partial charge in [-0.25, -0.2) is 0 Å². The first kappa shape index (κ1) is 21.7. The average Bonchev–Trinajstić information content (AvgIpc) is 2.61. The van der Waals surface area contributed by atoms with Crippen molar-refractivity contribution >= 4 is 0 Å². The number of ether oxygens (including phenoxy) is 3. The zero-order valence-corrected chi connectivity index (χ0v) is 16.3. The molecule has 0 aliphatic heterocycles. The summed E-state index contributed by atoms with van der Waals surface area (Å²) in [6, 6.07) is 10.1. The number of para-hydroxylation sites is 1. The normalized spacial score (nSPS) is 14.7. The van der Waals surface area contributed by atoms with E-state index in [-0.39, 0.29) is 11.7 Å². The highest BCUT2D eigenvalue weighted by Crippen LogP contribution is 2.28. The van der Waals surface area contributed by atoms with E-state index in [1.807, 2.05) is 30.3 Å². The van der Waals surface area contributed by atoms with Crippen LogP contribution in [0.3, 0.4) is 0 Å². The summed E-state index contributed by atoms with van der Waals surface area (Å²) in [5, 5.41) is 0. The first-order valence-electron chi connectivity index (χ1n) is 9.67. The Kier molecular flexibility index (Phi) is 11.3. The van der Waals surface area contributed by atoms with Gasteiger partial charge in [0.15, 0.2) is 0 Å². The molecule has 0 fully saturated rings. The van der Waals surface area contributed by atoms with Crippen LogP contribution in [0.15, 0.2) is 43.0 Å². The van der Waals surface area contributed by atoms with Crippen molar-refractivity contribution in [3.8, 4) is 5.75 Å². The Hall–Kier alpha value is -1.32. The van der Waals surface area contributed by atoms with Crippen molar-refractivity contribution in [3.63, 3.8) is 0 Å². The summed E-state index contributed by atoms with van der Waals surface area (Å²) in [4.78, 5) is 0. The summed E-state index contributed by atoms with van der Waals surface area (Å²) in [5.41, 5.74) is -0.258. The Labute approximate surface area is 154 Å². The van der Waals surface area contributed by atoms with Gasteiger partial charge in [0.1, 0.15) is 11.4 Å². The Morgan fingerprint density at radius 1 is 1.12 bits per heavy atom. The Morgan fingerprint density at radius 2 is 1.84 bits per heavy atom. The molecule has 1 aromatic rings. The van der Waals surface area contributed by atoms with Crippen LogP contribution in [0, 0.1) is 0 Å². The van der Waals surface area contributed by atoms with Crippen molar-refractivity contribution in [3.05, 3.63) is 43.0 Å². The summed E-state index contributed by atoms with van der Waals surface area (Å²) in [5.74, 6) is 0.917. The van der Waals surface area contributed by atoms with Crippen LogP contribution in [0.1, 0.15) is 59.3 Å². The summed E-state index contributed by atoms with van der Waals surface area (Å²) in [6.45, 7) is 12.2. The number of rotatable bonds is 15. The number of hydrogen-bond acceptors (Lipinski definition) is 3. The van der Waals surface area contributed by atoms with Crippen molar-refractivity contribution in [2.75, 3.05) is 19.8 Å². The van der Waals surface area contributed by atoms with Gasteiger partial charge in [0.2, 0.25) is 0 Å². The van der Waals surface area contributed by atoms with Crippen LogP contribution in [0.25, 0.3) is 0 Å². The largest absolute Gasteiger partial charge is 0.487 e. The molecule has 0 aliphatic rings. The van der Waals surface area contributed by atoms with Gasteiger partial charge in [-0.15, -0.1) is 6.58 Å². The lowest BCUT2D eigenvalue weighted by atomic mass is 9.92. The van der Waals surface area contributed by atoms with Gasteiger partial charge in [-0.3, -0.25) is 0 Å². The molecular formula is C22H36O3. The summed E-state index contributed by atoms with van der Waals surface area (Å²) < 4.78 is 18.2. The number of benzene rings is 1. The molecule has 0 spiro atoms. The lowest BCUT2D eigenvalue weighted by molar-refractivity contribution is -0.0566. The molecule has 0 N–H and O–H groups in total. The molecule has 1 aromatic carbocycles. The Bertz CT molecular complexity index is 446. The second kappa shape index (κ2) is 13.0. The molecule has 0 radical (unpaired) electrons. The molecule has 25 heavy (non-hydrogen) atoms. The van der Waals surface area contributed by atoms with E-state index >= 15 is 0 Å². The third-order valence-electron chi connectivity index (χ3n) is 4.22. The summed E-state index contributed by atoms with van der Waals surface area (Å²) in [7, 11) is 0. The van der Waals surface area contributed by atoms with Gasteiger partial charge in [0, 0.05) is 13.0 Å².